The first-order chi connectivity index (χ1) is 13.4. The second-order valence-corrected chi connectivity index (χ2v) is 6.85. The molecule has 1 aromatic carbocycles. The number of nitrogens with zero attached hydrogens (tertiary/aromatic N) is 3. The number of halogens is 1. The second kappa shape index (κ2) is 8.28. The molecule has 1 aromatic heterocycles. The SMILES string of the molecule is CCOC(=O)N1CCC(n2cc(C(N)=O)c(Nc3ccc(F)cc3)n2)C(C)C1. The van der Waals surface area contributed by atoms with Gasteiger partial charge in [-0.05, 0) is 43.5 Å². The van der Waals surface area contributed by atoms with Gasteiger partial charge in [-0.1, -0.05) is 6.92 Å². The average Bonchev–Trinajstić information content (AvgIpc) is 3.07. The third kappa shape index (κ3) is 4.24. The van der Waals surface area contributed by atoms with Gasteiger partial charge in [0.1, 0.15) is 11.4 Å². The fourth-order valence-electron chi connectivity index (χ4n) is 3.41. The summed E-state index contributed by atoms with van der Waals surface area (Å²) < 4.78 is 19.9. The van der Waals surface area contributed by atoms with Crippen LogP contribution in [0, 0.1) is 11.7 Å². The number of benzene rings is 1. The summed E-state index contributed by atoms with van der Waals surface area (Å²) in [6.45, 7) is 5.22. The standard InChI is InChI=1S/C19H24FN5O3/c1-3-28-19(27)24-9-8-16(12(2)10-24)25-11-15(17(21)26)18(23-25)22-14-6-4-13(20)5-7-14/h4-7,11-12,16H,3,8-10H2,1-2H3,(H2,21,26)(H,22,23). The van der Waals surface area contributed by atoms with E-state index in [4.69, 9.17) is 10.5 Å². The molecular formula is C19H24FN5O3. The maximum absolute atomic E-state index is 13.1. The molecule has 150 valence electrons. The fourth-order valence-corrected chi connectivity index (χ4v) is 3.41. The van der Waals surface area contributed by atoms with Crippen LogP contribution in [-0.2, 0) is 4.74 Å². The summed E-state index contributed by atoms with van der Waals surface area (Å²) in [6.07, 6.45) is 1.98. The summed E-state index contributed by atoms with van der Waals surface area (Å²) in [5.74, 6) is -0.530. The lowest BCUT2D eigenvalue weighted by atomic mass is 9.94. The van der Waals surface area contributed by atoms with E-state index in [0.29, 0.717) is 37.6 Å². The number of anilines is 2. The molecule has 1 fully saturated rings. The van der Waals surface area contributed by atoms with Gasteiger partial charge in [-0.15, -0.1) is 0 Å². The Balaban J connectivity index is 1.78. The maximum Gasteiger partial charge on any atom is 0.409 e. The van der Waals surface area contributed by atoms with Gasteiger partial charge < -0.3 is 20.7 Å². The van der Waals surface area contributed by atoms with Crippen LogP contribution in [0.15, 0.2) is 30.5 Å². The average molecular weight is 389 g/mol. The molecule has 28 heavy (non-hydrogen) atoms. The summed E-state index contributed by atoms with van der Waals surface area (Å²) in [6, 6.07) is 5.75. The van der Waals surface area contributed by atoms with Crippen molar-refractivity contribution in [3.63, 3.8) is 0 Å². The van der Waals surface area contributed by atoms with Crippen LogP contribution in [0.2, 0.25) is 0 Å². The van der Waals surface area contributed by atoms with Crippen LogP contribution in [0.5, 0.6) is 0 Å². The molecule has 0 spiro atoms. The minimum Gasteiger partial charge on any atom is -0.450 e. The van der Waals surface area contributed by atoms with E-state index in [1.54, 1.807) is 34.8 Å². The minimum atomic E-state index is -0.604. The molecule has 1 aliphatic rings. The van der Waals surface area contributed by atoms with Crippen molar-refractivity contribution in [1.82, 2.24) is 14.7 Å². The molecule has 2 atom stereocenters. The second-order valence-electron chi connectivity index (χ2n) is 6.85. The Morgan fingerprint density at radius 2 is 2.07 bits per heavy atom. The zero-order chi connectivity index (χ0) is 20.3. The highest BCUT2D eigenvalue weighted by Gasteiger charge is 2.32. The fraction of sp³-hybridized carbons (Fsp3) is 0.421. The lowest BCUT2D eigenvalue weighted by Gasteiger charge is -2.36. The van der Waals surface area contributed by atoms with Crippen LogP contribution in [0.1, 0.15) is 36.7 Å². The molecule has 2 amide bonds. The number of amides is 2. The van der Waals surface area contributed by atoms with Gasteiger partial charge in [-0.2, -0.15) is 5.10 Å². The highest BCUT2D eigenvalue weighted by atomic mass is 19.1. The van der Waals surface area contributed by atoms with Crippen molar-refractivity contribution in [2.45, 2.75) is 26.3 Å². The van der Waals surface area contributed by atoms with Crippen LogP contribution in [-0.4, -0.2) is 46.4 Å². The number of primary amides is 1. The van der Waals surface area contributed by atoms with E-state index in [0.717, 1.165) is 0 Å². The van der Waals surface area contributed by atoms with Gasteiger partial charge in [0, 0.05) is 25.0 Å². The zero-order valence-corrected chi connectivity index (χ0v) is 15.9. The Hall–Kier alpha value is -3.10. The van der Waals surface area contributed by atoms with Crippen LogP contribution < -0.4 is 11.1 Å². The summed E-state index contributed by atoms with van der Waals surface area (Å²) >= 11 is 0. The van der Waals surface area contributed by atoms with Gasteiger partial charge in [0.25, 0.3) is 5.91 Å². The number of aromatic nitrogens is 2. The van der Waals surface area contributed by atoms with Crippen molar-refractivity contribution in [2.75, 3.05) is 25.0 Å². The number of carbonyl (C=O) groups excluding carboxylic acids is 2. The van der Waals surface area contributed by atoms with Crippen LogP contribution >= 0.6 is 0 Å². The van der Waals surface area contributed by atoms with Gasteiger partial charge in [0.15, 0.2) is 5.82 Å². The third-order valence-electron chi connectivity index (χ3n) is 4.83. The summed E-state index contributed by atoms with van der Waals surface area (Å²) in [4.78, 5) is 25.5. The summed E-state index contributed by atoms with van der Waals surface area (Å²) in [5.41, 5.74) is 6.35. The van der Waals surface area contributed by atoms with E-state index in [-0.39, 0.29) is 29.4 Å². The predicted molar refractivity (Wildman–Crippen MR) is 102 cm³/mol. The molecule has 9 heteroatoms. The first-order valence-corrected chi connectivity index (χ1v) is 9.22. The van der Waals surface area contributed by atoms with Crippen molar-refractivity contribution in [3.05, 3.63) is 41.8 Å². The zero-order valence-electron chi connectivity index (χ0n) is 15.9. The van der Waals surface area contributed by atoms with E-state index in [1.165, 1.54) is 12.1 Å². The van der Waals surface area contributed by atoms with Crippen molar-refractivity contribution in [1.29, 1.82) is 0 Å². The number of rotatable bonds is 5. The van der Waals surface area contributed by atoms with Crippen molar-refractivity contribution in [2.24, 2.45) is 11.7 Å². The molecule has 1 saturated heterocycles. The number of carbonyl (C=O) groups is 2. The Labute approximate surface area is 162 Å². The maximum atomic E-state index is 13.1. The predicted octanol–water partition coefficient (Wildman–Crippen LogP) is 2.90. The number of nitrogens with two attached hydrogens (primary N) is 1. The number of hydrogen-bond acceptors (Lipinski definition) is 5. The molecular weight excluding hydrogens is 365 g/mol. The number of nitrogens with one attached hydrogen (secondary N) is 1. The quantitative estimate of drug-likeness (QED) is 0.819. The van der Waals surface area contributed by atoms with Crippen LogP contribution in [0.3, 0.4) is 0 Å². The first kappa shape index (κ1) is 19.7. The van der Waals surface area contributed by atoms with Gasteiger partial charge in [0.2, 0.25) is 0 Å². The molecule has 8 nitrogen and oxygen atoms in total. The number of hydrogen-bond donors (Lipinski definition) is 2. The topological polar surface area (TPSA) is 102 Å². The molecule has 0 radical (unpaired) electrons. The molecule has 0 saturated carbocycles. The van der Waals surface area contributed by atoms with Crippen LogP contribution in [0.4, 0.5) is 20.7 Å². The van der Waals surface area contributed by atoms with Gasteiger partial charge >= 0.3 is 6.09 Å². The van der Waals surface area contributed by atoms with Crippen molar-refractivity contribution in [3.8, 4) is 0 Å². The van der Waals surface area contributed by atoms with E-state index in [2.05, 4.69) is 10.4 Å². The Morgan fingerprint density at radius 3 is 2.68 bits per heavy atom. The molecule has 0 bridgehead atoms. The normalized spacial score (nSPS) is 19.3. The highest BCUT2D eigenvalue weighted by Crippen LogP contribution is 2.30. The molecule has 0 aliphatic carbocycles. The van der Waals surface area contributed by atoms with Gasteiger partial charge in [-0.25, -0.2) is 9.18 Å². The third-order valence-corrected chi connectivity index (χ3v) is 4.83. The van der Waals surface area contributed by atoms with E-state index >= 15 is 0 Å². The summed E-state index contributed by atoms with van der Waals surface area (Å²) in [7, 11) is 0. The van der Waals surface area contributed by atoms with Gasteiger partial charge in [0.05, 0.1) is 12.6 Å². The van der Waals surface area contributed by atoms with Crippen molar-refractivity contribution < 1.29 is 18.7 Å². The molecule has 1 aliphatic heterocycles. The monoisotopic (exact) mass is 389 g/mol. The molecule has 3 N–H and O–H groups in total. The van der Waals surface area contributed by atoms with Crippen molar-refractivity contribution >= 4 is 23.5 Å². The molecule has 3 rings (SSSR count). The summed E-state index contributed by atoms with van der Waals surface area (Å²) in [5, 5.41) is 7.52. The number of likely N-dealkylation sites (tertiary alicyclic amines) is 1. The lowest BCUT2D eigenvalue weighted by Crippen LogP contribution is -2.43. The number of piperidine rings is 1. The lowest BCUT2D eigenvalue weighted by molar-refractivity contribution is 0.0753. The molecule has 2 heterocycles. The van der Waals surface area contributed by atoms with E-state index < -0.39 is 5.91 Å². The Morgan fingerprint density at radius 1 is 1.36 bits per heavy atom. The van der Waals surface area contributed by atoms with Gasteiger partial charge in [-0.3, -0.25) is 9.48 Å². The Kier molecular flexibility index (Phi) is 5.81. The van der Waals surface area contributed by atoms with E-state index in [9.17, 15) is 14.0 Å². The van der Waals surface area contributed by atoms with E-state index in [1.807, 2.05) is 6.92 Å². The van der Waals surface area contributed by atoms with Crippen LogP contribution in [0.25, 0.3) is 0 Å². The minimum absolute atomic E-state index is 0.00699. The highest BCUT2D eigenvalue weighted by molar-refractivity contribution is 5.98. The molecule has 2 unspecified atom stereocenters. The number of ether oxygens (including phenoxy) is 1. The smallest absolute Gasteiger partial charge is 0.409 e. The largest absolute Gasteiger partial charge is 0.450 e. The molecule has 2 aromatic rings. The Bertz CT molecular complexity index is 852. The first-order valence-electron chi connectivity index (χ1n) is 9.22.